The molecule has 0 aliphatic heterocycles. The summed E-state index contributed by atoms with van der Waals surface area (Å²) < 4.78 is 0. The minimum atomic E-state index is 0.781. The second-order valence-electron chi connectivity index (χ2n) is 4.80. The maximum atomic E-state index is 3.73. The molecule has 0 rings (SSSR count). The van der Waals surface area contributed by atoms with Gasteiger partial charge >= 0.3 is 0 Å². The monoisotopic (exact) mass is 211 g/mol. The highest BCUT2D eigenvalue weighted by Gasteiger charge is 1.93. The van der Waals surface area contributed by atoms with Gasteiger partial charge in [0.25, 0.3) is 0 Å². The predicted octanol–water partition coefficient (Wildman–Crippen LogP) is 4.15. The van der Waals surface area contributed by atoms with Crippen molar-refractivity contribution < 1.29 is 0 Å². The average Bonchev–Trinajstić information content (AvgIpc) is 2.20. The highest BCUT2D eigenvalue weighted by molar-refractivity contribution is 4.65. The Labute approximate surface area is 96.3 Å². The summed E-state index contributed by atoms with van der Waals surface area (Å²) in [5.74, 6) is 0.781. The van der Waals surface area contributed by atoms with E-state index in [1.54, 1.807) is 0 Å². The standard InChI is InChI=1S/C14H29N/c1-4-5-6-7-8-9-10-11-12-15-13-14(2)3/h4,14-15H,1,5-13H2,2-3H3. The number of hydrogen-bond donors (Lipinski definition) is 1. The molecule has 0 aromatic carbocycles. The molecule has 0 fully saturated rings. The topological polar surface area (TPSA) is 12.0 Å². The van der Waals surface area contributed by atoms with Crippen LogP contribution in [0.15, 0.2) is 12.7 Å². The van der Waals surface area contributed by atoms with E-state index in [-0.39, 0.29) is 0 Å². The van der Waals surface area contributed by atoms with Crippen molar-refractivity contribution in [1.29, 1.82) is 0 Å². The molecule has 0 radical (unpaired) electrons. The van der Waals surface area contributed by atoms with Gasteiger partial charge in [-0.25, -0.2) is 0 Å². The summed E-state index contributed by atoms with van der Waals surface area (Å²) in [6.45, 7) is 10.6. The Morgan fingerprint density at radius 3 is 2.20 bits per heavy atom. The third kappa shape index (κ3) is 13.7. The van der Waals surface area contributed by atoms with Gasteiger partial charge in [-0.2, -0.15) is 0 Å². The molecular weight excluding hydrogens is 182 g/mol. The molecule has 0 aromatic rings. The van der Waals surface area contributed by atoms with Gasteiger partial charge in [-0.15, -0.1) is 6.58 Å². The SMILES string of the molecule is C=CCCCCCCCCNCC(C)C. The molecule has 0 aromatic heterocycles. The van der Waals surface area contributed by atoms with Gasteiger partial charge in [0.05, 0.1) is 0 Å². The summed E-state index contributed by atoms with van der Waals surface area (Å²) in [7, 11) is 0. The first-order chi connectivity index (χ1) is 7.27. The maximum absolute atomic E-state index is 3.73. The Morgan fingerprint density at radius 1 is 1.00 bits per heavy atom. The van der Waals surface area contributed by atoms with E-state index in [1.165, 1.54) is 58.0 Å². The Bertz CT molecular complexity index is 129. The molecule has 15 heavy (non-hydrogen) atoms. The van der Waals surface area contributed by atoms with Crippen LogP contribution in [-0.4, -0.2) is 13.1 Å². The molecular formula is C14H29N. The van der Waals surface area contributed by atoms with Gasteiger partial charge in [0.15, 0.2) is 0 Å². The number of nitrogens with one attached hydrogen (secondary N) is 1. The number of hydrogen-bond acceptors (Lipinski definition) is 1. The number of unbranched alkanes of at least 4 members (excludes halogenated alkanes) is 6. The minimum absolute atomic E-state index is 0.781. The van der Waals surface area contributed by atoms with Crippen molar-refractivity contribution in [2.75, 3.05) is 13.1 Å². The molecule has 1 nitrogen and oxygen atoms in total. The highest BCUT2D eigenvalue weighted by Crippen LogP contribution is 2.06. The van der Waals surface area contributed by atoms with Gasteiger partial charge in [-0.1, -0.05) is 45.6 Å². The van der Waals surface area contributed by atoms with Crippen molar-refractivity contribution in [2.24, 2.45) is 5.92 Å². The lowest BCUT2D eigenvalue weighted by atomic mass is 10.1. The summed E-state index contributed by atoms with van der Waals surface area (Å²) in [6.07, 6.45) is 11.5. The first-order valence-electron chi connectivity index (χ1n) is 6.59. The van der Waals surface area contributed by atoms with Crippen LogP contribution in [0, 0.1) is 5.92 Å². The van der Waals surface area contributed by atoms with E-state index >= 15 is 0 Å². The smallest absolute Gasteiger partial charge is 0.00258 e. The van der Waals surface area contributed by atoms with E-state index in [1.807, 2.05) is 6.08 Å². The second kappa shape index (κ2) is 11.8. The molecule has 1 N–H and O–H groups in total. The molecule has 0 aliphatic rings. The maximum Gasteiger partial charge on any atom is -0.00258 e. The van der Waals surface area contributed by atoms with Crippen LogP contribution in [0.25, 0.3) is 0 Å². The van der Waals surface area contributed by atoms with E-state index in [9.17, 15) is 0 Å². The van der Waals surface area contributed by atoms with E-state index in [2.05, 4.69) is 25.7 Å². The molecule has 0 spiro atoms. The van der Waals surface area contributed by atoms with E-state index in [0.29, 0.717) is 0 Å². The molecule has 0 amide bonds. The van der Waals surface area contributed by atoms with Gasteiger partial charge < -0.3 is 5.32 Å². The van der Waals surface area contributed by atoms with Crippen LogP contribution < -0.4 is 5.32 Å². The molecule has 0 unspecified atom stereocenters. The lowest BCUT2D eigenvalue weighted by Crippen LogP contribution is -2.20. The number of rotatable bonds is 11. The van der Waals surface area contributed by atoms with Crippen LogP contribution in [0.5, 0.6) is 0 Å². The molecule has 0 atom stereocenters. The summed E-state index contributed by atoms with van der Waals surface area (Å²) in [5, 5.41) is 3.48. The zero-order valence-electron chi connectivity index (χ0n) is 10.7. The van der Waals surface area contributed by atoms with Crippen LogP contribution in [-0.2, 0) is 0 Å². The first-order valence-corrected chi connectivity index (χ1v) is 6.59. The lowest BCUT2D eigenvalue weighted by molar-refractivity contribution is 0.521. The van der Waals surface area contributed by atoms with E-state index in [4.69, 9.17) is 0 Å². The van der Waals surface area contributed by atoms with Crippen molar-refractivity contribution in [3.8, 4) is 0 Å². The molecule has 0 bridgehead atoms. The van der Waals surface area contributed by atoms with Crippen LogP contribution in [0.4, 0.5) is 0 Å². The lowest BCUT2D eigenvalue weighted by Gasteiger charge is -2.06. The Balaban J connectivity index is 2.89. The van der Waals surface area contributed by atoms with E-state index in [0.717, 1.165) is 5.92 Å². The second-order valence-corrected chi connectivity index (χ2v) is 4.80. The number of allylic oxidation sites excluding steroid dienone is 1. The third-order valence-electron chi connectivity index (χ3n) is 2.56. The van der Waals surface area contributed by atoms with Crippen molar-refractivity contribution in [3.05, 3.63) is 12.7 Å². The van der Waals surface area contributed by atoms with Crippen molar-refractivity contribution in [2.45, 2.75) is 58.8 Å². The van der Waals surface area contributed by atoms with Crippen molar-refractivity contribution >= 4 is 0 Å². The van der Waals surface area contributed by atoms with Crippen LogP contribution in [0.1, 0.15) is 58.8 Å². The van der Waals surface area contributed by atoms with Gasteiger partial charge in [-0.3, -0.25) is 0 Å². The highest BCUT2D eigenvalue weighted by atomic mass is 14.8. The normalized spacial score (nSPS) is 10.9. The molecule has 1 heteroatoms. The van der Waals surface area contributed by atoms with Crippen molar-refractivity contribution in [1.82, 2.24) is 5.32 Å². The van der Waals surface area contributed by atoms with Gasteiger partial charge in [-0.05, 0) is 38.3 Å². The zero-order chi connectivity index (χ0) is 11.4. The molecule has 0 heterocycles. The molecule has 0 aliphatic carbocycles. The van der Waals surface area contributed by atoms with Crippen LogP contribution in [0.3, 0.4) is 0 Å². The van der Waals surface area contributed by atoms with Gasteiger partial charge in [0, 0.05) is 0 Å². The fourth-order valence-electron chi connectivity index (χ4n) is 1.64. The van der Waals surface area contributed by atoms with Crippen molar-refractivity contribution in [3.63, 3.8) is 0 Å². The quantitative estimate of drug-likeness (QED) is 0.400. The Morgan fingerprint density at radius 2 is 1.60 bits per heavy atom. The average molecular weight is 211 g/mol. The van der Waals surface area contributed by atoms with Gasteiger partial charge in [0.1, 0.15) is 0 Å². The van der Waals surface area contributed by atoms with Crippen LogP contribution >= 0.6 is 0 Å². The summed E-state index contributed by atoms with van der Waals surface area (Å²) >= 11 is 0. The fraction of sp³-hybridized carbons (Fsp3) is 0.857. The molecule has 0 saturated carbocycles. The van der Waals surface area contributed by atoms with Gasteiger partial charge in [0.2, 0.25) is 0 Å². The Hall–Kier alpha value is -0.300. The zero-order valence-corrected chi connectivity index (χ0v) is 10.7. The summed E-state index contributed by atoms with van der Waals surface area (Å²) in [6, 6.07) is 0. The molecule has 90 valence electrons. The third-order valence-corrected chi connectivity index (χ3v) is 2.56. The molecule has 0 saturated heterocycles. The summed E-state index contributed by atoms with van der Waals surface area (Å²) in [4.78, 5) is 0. The minimum Gasteiger partial charge on any atom is -0.316 e. The summed E-state index contributed by atoms with van der Waals surface area (Å²) in [5.41, 5.74) is 0. The predicted molar refractivity (Wildman–Crippen MR) is 70.2 cm³/mol. The largest absolute Gasteiger partial charge is 0.316 e. The Kier molecular flexibility index (Phi) is 11.5. The van der Waals surface area contributed by atoms with Crippen LogP contribution in [0.2, 0.25) is 0 Å². The fourth-order valence-corrected chi connectivity index (χ4v) is 1.64. The van der Waals surface area contributed by atoms with E-state index < -0.39 is 0 Å². The first kappa shape index (κ1) is 14.7.